The van der Waals surface area contributed by atoms with E-state index in [9.17, 15) is 33.9 Å². The van der Waals surface area contributed by atoms with Crippen LogP contribution in [0.3, 0.4) is 0 Å². The van der Waals surface area contributed by atoms with Gasteiger partial charge in [-0.05, 0) is 80.4 Å². The number of carbonyl (C=O) groups is 6. The van der Waals surface area contributed by atoms with Crippen LogP contribution in [0.15, 0.2) is 29.3 Å². The SMILES string of the molecule is CC[C@H](C)[C@H](NC(=O)[C@H](Cc1ccc(O)cc1)N(CC1CCCCC1)C(C)=O)C(=O)N[C@@H](CCCN=C(N)N)C(=O)N[C@@H](CC(C)C)C(=O)N1CCC[C@H]1C(N)=O. The maximum absolute atomic E-state index is 14.4. The molecule has 1 heterocycles. The number of primary amides is 1. The van der Waals surface area contributed by atoms with Crippen LogP contribution >= 0.6 is 0 Å². The Hall–Kier alpha value is -4.89. The van der Waals surface area contributed by atoms with E-state index in [2.05, 4.69) is 20.9 Å². The molecule has 318 valence electrons. The Morgan fingerprint density at radius 1 is 0.877 bits per heavy atom. The van der Waals surface area contributed by atoms with Crippen molar-refractivity contribution in [2.24, 2.45) is 39.9 Å². The maximum Gasteiger partial charge on any atom is 0.245 e. The summed E-state index contributed by atoms with van der Waals surface area (Å²) in [5, 5.41) is 18.6. The van der Waals surface area contributed by atoms with Gasteiger partial charge >= 0.3 is 0 Å². The van der Waals surface area contributed by atoms with Crippen molar-refractivity contribution in [3.63, 3.8) is 0 Å². The van der Waals surface area contributed by atoms with E-state index in [4.69, 9.17) is 17.2 Å². The molecule has 6 atom stereocenters. The molecular formula is C41H67N9O7. The number of aliphatic imine (C=N–C) groups is 1. The number of aromatic hydroxyl groups is 1. The Bertz CT molecular complexity index is 1540. The Morgan fingerprint density at radius 2 is 1.53 bits per heavy atom. The number of carbonyl (C=O) groups excluding carboxylic acids is 6. The first-order chi connectivity index (χ1) is 27.0. The fourth-order valence-corrected chi connectivity index (χ4v) is 7.80. The van der Waals surface area contributed by atoms with E-state index in [0.29, 0.717) is 38.8 Å². The van der Waals surface area contributed by atoms with Crippen LogP contribution in [0.5, 0.6) is 5.75 Å². The first-order valence-corrected chi connectivity index (χ1v) is 20.6. The van der Waals surface area contributed by atoms with E-state index < -0.39 is 59.7 Å². The Kier molecular flexibility index (Phi) is 18.6. The summed E-state index contributed by atoms with van der Waals surface area (Å²) in [6.07, 6.45) is 7.55. The molecule has 1 aliphatic carbocycles. The van der Waals surface area contributed by atoms with E-state index in [1.807, 2.05) is 27.7 Å². The Labute approximate surface area is 337 Å². The zero-order valence-corrected chi connectivity index (χ0v) is 34.5. The monoisotopic (exact) mass is 798 g/mol. The Morgan fingerprint density at radius 3 is 2.11 bits per heavy atom. The second-order valence-electron chi connectivity index (χ2n) is 16.2. The van der Waals surface area contributed by atoms with Gasteiger partial charge < -0.3 is 48.1 Å². The summed E-state index contributed by atoms with van der Waals surface area (Å²) in [7, 11) is 0. The van der Waals surface area contributed by atoms with E-state index in [1.54, 1.807) is 17.0 Å². The first-order valence-electron chi connectivity index (χ1n) is 20.6. The van der Waals surface area contributed by atoms with E-state index in [-0.39, 0.29) is 61.2 Å². The number of phenols is 1. The summed E-state index contributed by atoms with van der Waals surface area (Å²) >= 11 is 0. The highest BCUT2D eigenvalue weighted by Gasteiger charge is 2.39. The van der Waals surface area contributed by atoms with Crippen LogP contribution in [0.2, 0.25) is 0 Å². The summed E-state index contributed by atoms with van der Waals surface area (Å²) in [4.78, 5) is 89.0. The zero-order chi connectivity index (χ0) is 42.2. The molecule has 0 radical (unpaired) electrons. The van der Waals surface area contributed by atoms with Gasteiger partial charge in [0, 0.05) is 33.0 Å². The molecule has 16 nitrogen and oxygen atoms in total. The van der Waals surface area contributed by atoms with Crippen LogP contribution in [-0.4, -0.2) is 106 Å². The standard InChI is InChI=1S/C41H67N9O7/c1-6-26(4)35(48-38(55)34(23-28-16-18-30(52)19-17-28)50(27(5)51)24-29-12-8-7-9-13-29)39(56)46-31(14-10-20-45-41(43)44)37(54)47-32(22-25(2)3)40(57)49-21-11-15-33(49)36(42)53/h16-19,25-26,29,31-35,52H,6-15,20-24H2,1-5H3,(H2,42,53)(H,46,56)(H,47,54)(H,48,55)(H4,43,44,45)/t26-,31-,32-,33-,34-,35-/m0/s1. The number of likely N-dealkylation sites (tertiary alicyclic amines) is 1. The average Bonchev–Trinajstić information content (AvgIpc) is 3.67. The molecule has 0 bridgehead atoms. The molecule has 57 heavy (non-hydrogen) atoms. The smallest absolute Gasteiger partial charge is 0.245 e. The van der Waals surface area contributed by atoms with Crippen molar-refractivity contribution in [1.29, 1.82) is 0 Å². The van der Waals surface area contributed by atoms with Crippen molar-refractivity contribution in [1.82, 2.24) is 25.8 Å². The average molecular weight is 798 g/mol. The van der Waals surface area contributed by atoms with Gasteiger partial charge in [-0.15, -0.1) is 0 Å². The first kappa shape index (κ1) is 46.5. The minimum absolute atomic E-state index is 0.00371. The third kappa shape index (κ3) is 14.5. The summed E-state index contributed by atoms with van der Waals surface area (Å²) < 4.78 is 0. The number of guanidine groups is 1. The van der Waals surface area contributed by atoms with Crippen LogP contribution in [0.1, 0.15) is 111 Å². The van der Waals surface area contributed by atoms with E-state index in [0.717, 1.165) is 37.7 Å². The van der Waals surface area contributed by atoms with Gasteiger partial charge in [-0.25, -0.2) is 0 Å². The number of nitrogens with zero attached hydrogens (tertiary/aromatic N) is 3. The van der Waals surface area contributed by atoms with Crippen molar-refractivity contribution in [2.75, 3.05) is 19.6 Å². The molecule has 0 unspecified atom stereocenters. The maximum atomic E-state index is 14.4. The van der Waals surface area contributed by atoms with Crippen LogP contribution < -0.4 is 33.2 Å². The number of rotatable bonds is 21. The van der Waals surface area contributed by atoms with Crippen molar-refractivity contribution in [3.8, 4) is 5.75 Å². The van der Waals surface area contributed by atoms with Crippen molar-refractivity contribution >= 4 is 41.4 Å². The van der Waals surface area contributed by atoms with Gasteiger partial charge in [0.05, 0.1) is 0 Å². The highest BCUT2D eigenvalue weighted by Crippen LogP contribution is 2.26. The molecular weight excluding hydrogens is 731 g/mol. The summed E-state index contributed by atoms with van der Waals surface area (Å²) in [6, 6.07) is 1.52. The second kappa shape index (κ2) is 22.7. The summed E-state index contributed by atoms with van der Waals surface area (Å²) in [6.45, 7) is 9.88. The highest BCUT2D eigenvalue weighted by molar-refractivity contribution is 5.96. The molecule has 0 aromatic heterocycles. The van der Waals surface area contributed by atoms with Gasteiger partial charge in [-0.1, -0.05) is 65.5 Å². The van der Waals surface area contributed by atoms with Crippen LogP contribution in [0.25, 0.3) is 0 Å². The number of nitrogens with one attached hydrogen (secondary N) is 3. The number of hydrogen-bond donors (Lipinski definition) is 7. The van der Waals surface area contributed by atoms with E-state index in [1.165, 1.54) is 24.0 Å². The zero-order valence-electron chi connectivity index (χ0n) is 34.5. The third-order valence-electron chi connectivity index (χ3n) is 11.2. The number of hydrogen-bond acceptors (Lipinski definition) is 8. The summed E-state index contributed by atoms with van der Waals surface area (Å²) in [5.41, 5.74) is 17.4. The minimum atomic E-state index is -1.14. The van der Waals surface area contributed by atoms with Gasteiger partial charge in [-0.2, -0.15) is 0 Å². The van der Waals surface area contributed by atoms with Gasteiger partial charge in [0.1, 0.15) is 36.0 Å². The molecule has 1 saturated heterocycles. The predicted octanol–water partition coefficient (Wildman–Crippen LogP) is 1.81. The molecule has 6 amide bonds. The third-order valence-corrected chi connectivity index (χ3v) is 11.2. The molecule has 1 aliphatic heterocycles. The molecule has 1 aromatic carbocycles. The lowest BCUT2D eigenvalue weighted by atomic mass is 9.88. The molecule has 10 N–H and O–H groups in total. The topological polar surface area (TPSA) is 256 Å². The van der Waals surface area contributed by atoms with E-state index >= 15 is 0 Å². The lowest BCUT2D eigenvalue weighted by Gasteiger charge is -2.36. The minimum Gasteiger partial charge on any atom is -0.508 e. The number of phenolic OH excluding ortho intramolecular Hbond substituents is 1. The van der Waals surface area contributed by atoms with Gasteiger partial charge in [0.25, 0.3) is 0 Å². The van der Waals surface area contributed by atoms with Crippen molar-refractivity contribution < 1.29 is 33.9 Å². The predicted molar refractivity (Wildman–Crippen MR) is 218 cm³/mol. The lowest BCUT2D eigenvalue weighted by molar-refractivity contribution is -0.142. The number of benzene rings is 1. The highest BCUT2D eigenvalue weighted by atomic mass is 16.3. The van der Waals surface area contributed by atoms with Crippen molar-refractivity contribution in [3.05, 3.63) is 29.8 Å². The number of nitrogens with two attached hydrogens (primary N) is 3. The fraction of sp³-hybridized carbons (Fsp3) is 0.683. The molecule has 16 heteroatoms. The molecule has 0 spiro atoms. The summed E-state index contributed by atoms with van der Waals surface area (Å²) in [5.74, 6) is -3.22. The normalized spacial score (nSPS) is 18.4. The van der Waals surface area contributed by atoms with Gasteiger partial charge in [-0.3, -0.25) is 33.8 Å². The molecule has 1 saturated carbocycles. The van der Waals surface area contributed by atoms with Gasteiger partial charge in [0.2, 0.25) is 35.4 Å². The fourth-order valence-electron chi connectivity index (χ4n) is 7.80. The van der Waals surface area contributed by atoms with Crippen LogP contribution in [0.4, 0.5) is 0 Å². The number of amides is 6. The van der Waals surface area contributed by atoms with Crippen LogP contribution in [0, 0.1) is 17.8 Å². The van der Waals surface area contributed by atoms with Crippen molar-refractivity contribution in [2.45, 2.75) is 142 Å². The second-order valence-corrected chi connectivity index (χ2v) is 16.2. The van der Waals surface area contributed by atoms with Crippen LogP contribution in [-0.2, 0) is 35.2 Å². The lowest BCUT2D eigenvalue weighted by Crippen LogP contribution is -2.60. The molecule has 1 aromatic rings. The molecule has 2 aliphatic rings. The molecule has 3 rings (SSSR count). The Balaban J connectivity index is 1.91. The van der Waals surface area contributed by atoms with Gasteiger partial charge in [0.15, 0.2) is 5.96 Å². The molecule has 2 fully saturated rings. The quantitative estimate of drug-likeness (QED) is 0.0543. The largest absolute Gasteiger partial charge is 0.508 e.